The number of ketones is 1. The van der Waals surface area contributed by atoms with Gasteiger partial charge in [0.15, 0.2) is 0 Å². The lowest BCUT2D eigenvalue weighted by Gasteiger charge is -2.19. The zero-order valence-corrected chi connectivity index (χ0v) is 9.58. The maximum Gasteiger partial charge on any atom is 0.234 e. The number of carbonyl (C=O) groups excluding carboxylic acids is 2. The van der Waals surface area contributed by atoms with E-state index in [0.29, 0.717) is 13.1 Å². The minimum atomic E-state index is 0.0319. The molecule has 1 saturated heterocycles. The van der Waals surface area contributed by atoms with Gasteiger partial charge in [-0.15, -0.1) is 0 Å². The molecular weight excluding hydrogens is 192 g/mol. The Labute approximate surface area is 91.0 Å². The van der Waals surface area contributed by atoms with Gasteiger partial charge in [-0.3, -0.25) is 14.5 Å². The molecule has 1 atom stereocenters. The summed E-state index contributed by atoms with van der Waals surface area (Å²) in [7, 11) is 0. The van der Waals surface area contributed by atoms with Crippen molar-refractivity contribution in [3.8, 4) is 0 Å². The molecule has 4 nitrogen and oxygen atoms in total. The molecule has 4 heteroatoms. The van der Waals surface area contributed by atoms with Crippen LogP contribution in [-0.4, -0.2) is 42.8 Å². The van der Waals surface area contributed by atoms with Gasteiger partial charge in [-0.2, -0.15) is 0 Å². The zero-order valence-electron chi connectivity index (χ0n) is 9.58. The Bertz CT molecular complexity index is 241. The second-order valence-electron chi connectivity index (χ2n) is 4.19. The molecule has 1 fully saturated rings. The van der Waals surface area contributed by atoms with Crippen molar-refractivity contribution in [2.24, 2.45) is 5.92 Å². The molecule has 15 heavy (non-hydrogen) atoms. The molecule has 0 aromatic rings. The van der Waals surface area contributed by atoms with Crippen molar-refractivity contribution in [3.63, 3.8) is 0 Å². The average molecular weight is 212 g/mol. The van der Waals surface area contributed by atoms with Crippen molar-refractivity contribution in [1.29, 1.82) is 0 Å². The van der Waals surface area contributed by atoms with Crippen LogP contribution < -0.4 is 5.32 Å². The van der Waals surface area contributed by atoms with E-state index in [0.717, 1.165) is 25.9 Å². The van der Waals surface area contributed by atoms with Crippen LogP contribution in [0.4, 0.5) is 0 Å². The van der Waals surface area contributed by atoms with E-state index in [2.05, 4.69) is 5.32 Å². The molecule has 1 heterocycles. The highest BCUT2D eigenvalue weighted by atomic mass is 16.2. The van der Waals surface area contributed by atoms with Gasteiger partial charge in [0, 0.05) is 19.0 Å². The predicted octanol–water partition coefficient (Wildman–Crippen LogP) is 0.424. The number of Topliss-reactive ketones (excluding diaryl/α,β-unsaturated/α-hetero) is 1. The van der Waals surface area contributed by atoms with Crippen molar-refractivity contribution < 1.29 is 9.59 Å². The summed E-state index contributed by atoms with van der Waals surface area (Å²) in [5.74, 6) is 0.382. The molecular formula is C11H20N2O2. The molecule has 1 amide bonds. The van der Waals surface area contributed by atoms with E-state index in [4.69, 9.17) is 0 Å². The van der Waals surface area contributed by atoms with Crippen LogP contribution in [-0.2, 0) is 9.59 Å². The Balaban J connectivity index is 2.42. The fourth-order valence-corrected chi connectivity index (χ4v) is 1.61. The van der Waals surface area contributed by atoms with E-state index in [1.165, 1.54) is 0 Å². The van der Waals surface area contributed by atoms with Crippen molar-refractivity contribution in [3.05, 3.63) is 0 Å². The molecule has 0 aliphatic carbocycles. The normalized spacial score (nSPS) is 20.5. The predicted molar refractivity (Wildman–Crippen MR) is 58.5 cm³/mol. The number of rotatable bonds is 4. The molecule has 1 N–H and O–H groups in total. The Hall–Kier alpha value is -0.900. The summed E-state index contributed by atoms with van der Waals surface area (Å²) in [5, 5.41) is 2.80. The van der Waals surface area contributed by atoms with Gasteiger partial charge >= 0.3 is 0 Å². The summed E-state index contributed by atoms with van der Waals surface area (Å²) >= 11 is 0. The van der Waals surface area contributed by atoms with Crippen molar-refractivity contribution >= 4 is 11.7 Å². The molecule has 0 saturated carbocycles. The fourth-order valence-electron chi connectivity index (χ4n) is 1.61. The molecule has 0 aromatic carbocycles. The Kier molecular flexibility index (Phi) is 4.75. The SMILES string of the molecule is CCC(C)C(=O)CN1CCCNC(=O)C1. The summed E-state index contributed by atoms with van der Waals surface area (Å²) in [6, 6.07) is 0. The van der Waals surface area contributed by atoms with Crippen LogP contribution in [0.2, 0.25) is 0 Å². The molecule has 0 radical (unpaired) electrons. The third kappa shape index (κ3) is 4.00. The Morgan fingerprint density at radius 1 is 1.60 bits per heavy atom. The van der Waals surface area contributed by atoms with Gasteiger partial charge in [0.2, 0.25) is 5.91 Å². The highest BCUT2D eigenvalue weighted by molar-refractivity contribution is 5.84. The van der Waals surface area contributed by atoms with Gasteiger partial charge < -0.3 is 5.32 Å². The summed E-state index contributed by atoms with van der Waals surface area (Å²) in [4.78, 5) is 24.9. The summed E-state index contributed by atoms with van der Waals surface area (Å²) in [6.45, 7) is 6.30. The first-order valence-electron chi connectivity index (χ1n) is 5.65. The third-order valence-corrected chi connectivity index (χ3v) is 2.88. The van der Waals surface area contributed by atoms with E-state index >= 15 is 0 Å². The molecule has 0 aromatic heterocycles. The van der Waals surface area contributed by atoms with E-state index in [1.807, 2.05) is 18.7 Å². The van der Waals surface area contributed by atoms with E-state index in [1.54, 1.807) is 0 Å². The zero-order chi connectivity index (χ0) is 11.3. The minimum Gasteiger partial charge on any atom is -0.355 e. The first-order valence-corrected chi connectivity index (χ1v) is 5.65. The van der Waals surface area contributed by atoms with Crippen molar-refractivity contribution in [1.82, 2.24) is 10.2 Å². The van der Waals surface area contributed by atoms with Gasteiger partial charge in [0.1, 0.15) is 5.78 Å². The van der Waals surface area contributed by atoms with Crippen LogP contribution in [0.15, 0.2) is 0 Å². The standard InChI is InChI=1S/C11H20N2O2/c1-3-9(2)10(14)7-13-6-4-5-12-11(15)8-13/h9H,3-8H2,1-2H3,(H,12,15). The highest BCUT2D eigenvalue weighted by Gasteiger charge is 2.19. The van der Waals surface area contributed by atoms with Gasteiger partial charge in [-0.25, -0.2) is 0 Å². The average Bonchev–Trinajstić information content (AvgIpc) is 2.41. The maximum absolute atomic E-state index is 11.7. The lowest BCUT2D eigenvalue weighted by Crippen LogP contribution is -2.37. The molecule has 1 aliphatic rings. The van der Waals surface area contributed by atoms with Crippen molar-refractivity contribution in [2.75, 3.05) is 26.2 Å². The largest absolute Gasteiger partial charge is 0.355 e. The third-order valence-electron chi connectivity index (χ3n) is 2.88. The second-order valence-corrected chi connectivity index (χ2v) is 4.19. The topological polar surface area (TPSA) is 49.4 Å². The van der Waals surface area contributed by atoms with Crippen LogP contribution in [0.5, 0.6) is 0 Å². The number of amides is 1. The number of nitrogens with one attached hydrogen (secondary N) is 1. The van der Waals surface area contributed by atoms with Crippen LogP contribution in [0.25, 0.3) is 0 Å². The van der Waals surface area contributed by atoms with Crippen molar-refractivity contribution in [2.45, 2.75) is 26.7 Å². The van der Waals surface area contributed by atoms with E-state index in [9.17, 15) is 9.59 Å². The molecule has 1 unspecified atom stereocenters. The quantitative estimate of drug-likeness (QED) is 0.735. The monoisotopic (exact) mass is 212 g/mol. The smallest absolute Gasteiger partial charge is 0.234 e. The van der Waals surface area contributed by atoms with Gasteiger partial charge in [0.25, 0.3) is 0 Å². The number of hydrogen-bond donors (Lipinski definition) is 1. The van der Waals surface area contributed by atoms with Gasteiger partial charge in [0.05, 0.1) is 13.1 Å². The van der Waals surface area contributed by atoms with Gasteiger partial charge in [-0.05, 0) is 12.8 Å². The minimum absolute atomic E-state index is 0.0319. The van der Waals surface area contributed by atoms with Crippen LogP contribution in [0.3, 0.4) is 0 Å². The Morgan fingerprint density at radius 2 is 2.33 bits per heavy atom. The summed E-state index contributed by atoms with van der Waals surface area (Å²) in [5.41, 5.74) is 0. The first kappa shape index (κ1) is 12.2. The van der Waals surface area contributed by atoms with Crippen LogP contribution in [0, 0.1) is 5.92 Å². The maximum atomic E-state index is 11.7. The molecule has 1 aliphatic heterocycles. The van der Waals surface area contributed by atoms with E-state index in [-0.39, 0.29) is 17.6 Å². The van der Waals surface area contributed by atoms with E-state index < -0.39 is 0 Å². The van der Waals surface area contributed by atoms with Gasteiger partial charge in [-0.1, -0.05) is 13.8 Å². The summed E-state index contributed by atoms with van der Waals surface area (Å²) in [6.07, 6.45) is 1.80. The number of carbonyl (C=O) groups is 2. The summed E-state index contributed by atoms with van der Waals surface area (Å²) < 4.78 is 0. The molecule has 0 spiro atoms. The lowest BCUT2D eigenvalue weighted by molar-refractivity contribution is -0.125. The van der Waals surface area contributed by atoms with Crippen LogP contribution >= 0.6 is 0 Å². The Morgan fingerprint density at radius 3 is 3.00 bits per heavy atom. The molecule has 0 bridgehead atoms. The number of nitrogens with zero attached hydrogens (tertiary/aromatic N) is 1. The molecule has 1 rings (SSSR count). The lowest BCUT2D eigenvalue weighted by atomic mass is 10.0. The second kappa shape index (κ2) is 5.85. The highest BCUT2D eigenvalue weighted by Crippen LogP contribution is 2.05. The number of hydrogen-bond acceptors (Lipinski definition) is 3. The molecule has 86 valence electrons. The fraction of sp³-hybridized carbons (Fsp3) is 0.818. The van der Waals surface area contributed by atoms with Crippen LogP contribution in [0.1, 0.15) is 26.7 Å². The first-order chi connectivity index (χ1) is 7.13.